The number of alkyl halides is 1. The van der Waals surface area contributed by atoms with Gasteiger partial charge >= 0.3 is 0 Å². The van der Waals surface area contributed by atoms with Crippen LogP contribution in [0, 0.1) is 23.2 Å². The monoisotopic (exact) mass is 304 g/mol. The Bertz CT molecular complexity index is 590. The van der Waals surface area contributed by atoms with Crippen LogP contribution in [-0.4, -0.2) is 16.4 Å². The number of hydrogen-bond donors (Lipinski definition) is 0. The van der Waals surface area contributed by atoms with Crippen molar-refractivity contribution in [1.82, 2.24) is 0 Å². The zero-order valence-corrected chi connectivity index (χ0v) is 13.2. The van der Waals surface area contributed by atoms with Crippen molar-refractivity contribution in [3.8, 4) is 0 Å². The van der Waals surface area contributed by atoms with Crippen LogP contribution < -0.4 is 0 Å². The predicted octanol–water partition coefficient (Wildman–Crippen LogP) is 3.83. The van der Waals surface area contributed by atoms with Gasteiger partial charge in [0, 0.05) is 11.8 Å². The first-order valence-corrected chi connectivity index (χ1v) is 8.49. The first-order valence-electron chi connectivity index (χ1n) is 8.11. The van der Waals surface area contributed by atoms with Crippen molar-refractivity contribution in [2.24, 2.45) is 23.2 Å². The molecule has 0 aromatic heterocycles. The van der Waals surface area contributed by atoms with Gasteiger partial charge in [-0.05, 0) is 67.6 Å². The van der Waals surface area contributed by atoms with Gasteiger partial charge in [-0.3, -0.25) is 9.59 Å². The summed E-state index contributed by atoms with van der Waals surface area (Å²) in [6, 6.07) is 0. The van der Waals surface area contributed by atoms with Gasteiger partial charge in [-0.25, -0.2) is 0 Å². The Labute approximate surface area is 130 Å². The van der Waals surface area contributed by atoms with E-state index in [1.54, 1.807) is 12.2 Å². The van der Waals surface area contributed by atoms with E-state index in [1.165, 1.54) is 0 Å². The first kappa shape index (κ1) is 13.8. The molecule has 4 rings (SSSR count). The maximum atomic E-state index is 12.3. The highest BCUT2D eigenvalue weighted by Gasteiger charge is 2.59. The number of Topliss-reactive ketones (excluding diaryl/α,β-unsaturated/α-hetero) is 1. The van der Waals surface area contributed by atoms with E-state index >= 15 is 0 Å². The average molecular weight is 305 g/mol. The summed E-state index contributed by atoms with van der Waals surface area (Å²) in [6.45, 7) is 2.18. The third-order valence-corrected chi connectivity index (χ3v) is 7.38. The maximum absolute atomic E-state index is 12.3. The number of allylic oxidation sites excluding steroid dienone is 4. The van der Waals surface area contributed by atoms with Crippen molar-refractivity contribution in [2.45, 2.75) is 50.3 Å². The van der Waals surface area contributed by atoms with E-state index in [2.05, 4.69) is 6.92 Å². The highest BCUT2D eigenvalue weighted by Crippen LogP contribution is 2.62. The van der Waals surface area contributed by atoms with E-state index in [0.29, 0.717) is 23.5 Å². The Morgan fingerprint density at radius 2 is 1.95 bits per heavy atom. The normalized spacial score (nSPS) is 48.5. The molecule has 0 N–H and O–H groups in total. The van der Waals surface area contributed by atoms with Gasteiger partial charge < -0.3 is 0 Å². The largest absolute Gasteiger partial charge is 0.299 e. The van der Waals surface area contributed by atoms with Crippen molar-refractivity contribution >= 4 is 23.2 Å². The summed E-state index contributed by atoms with van der Waals surface area (Å²) in [4.78, 5) is 23.5. The summed E-state index contributed by atoms with van der Waals surface area (Å²) in [5.74, 6) is 1.93. The molecule has 0 radical (unpaired) electrons. The summed E-state index contributed by atoms with van der Waals surface area (Å²) in [5.41, 5.74) is 0.995. The predicted molar refractivity (Wildman–Crippen MR) is 82.1 cm³/mol. The summed E-state index contributed by atoms with van der Waals surface area (Å²) in [6.07, 6.45) is 11.0. The molecule has 4 aliphatic rings. The minimum Gasteiger partial charge on any atom is -0.299 e. The summed E-state index contributed by atoms with van der Waals surface area (Å²) >= 11 is 7.00. The minimum atomic E-state index is -0.468. The van der Waals surface area contributed by atoms with Crippen molar-refractivity contribution in [1.29, 1.82) is 0 Å². The Morgan fingerprint density at radius 1 is 1.14 bits per heavy atom. The number of hydrogen-bond acceptors (Lipinski definition) is 2. The molecule has 3 fully saturated rings. The number of carbonyl (C=O) groups excluding carboxylic acids is 2. The lowest BCUT2D eigenvalue weighted by atomic mass is 9.52. The van der Waals surface area contributed by atoms with Crippen molar-refractivity contribution < 1.29 is 9.59 Å². The molecule has 5 atom stereocenters. The van der Waals surface area contributed by atoms with E-state index in [1.807, 2.05) is 6.08 Å². The fourth-order valence-electron chi connectivity index (χ4n) is 5.57. The molecule has 112 valence electrons. The van der Waals surface area contributed by atoms with Crippen molar-refractivity contribution in [2.75, 3.05) is 0 Å². The molecule has 0 amide bonds. The van der Waals surface area contributed by atoms with Gasteiger partial charge in [0.2, 0.25) is 0 Å². The van der Waals surface area contributed by atoms with E-state index in [0.717, 1.165) is 44.1 Å². The second-order valence-corrected chi connectivity index (χ2v) is 8.13. The van der Waals surface area contributed by atoms with Crippen LogP contribution in [0.15, 0.2) is 23.8 Å². The van der Waals surface area contributed by atoms with Gasteiger partial charge in [-0.2, -0.15) is 0 Å². The average Bonchev–Trinajstić information content (AvgIpc) is 2.76. The molecule has 0 heterocycles. The molecule has 21 heavy (non-hydrogen) atoms. The van der Waals surface area contributed by atoms with Crippen LogP contribution in [0.3, 0.4) is 0 Å². The zero-order valence-electron chi connectivity index (χ0n) is 12.4. The molecule has 0 aromatic rings. The third kappa shape index (κ3) is 1.72. The van der Waals surface area contributed by atoms with Gasteiger partial charge in [-0.15, -0.1) is 11.6 Å². The number of rotatable bonds is 0. The number of fused-ring (bicyclic) bond motifs is 5. The molecule has 0 aromatic carbocycles. The van der Waals surface area contributed by atoms with E-state index < -0.39 is 4.87 Å². The first-order chi connectivity index (χ1) is 9.95. The number of ketones is 2. The molecule has 3 heteroatoms. The van der Waals surface area contributed by atoms with Gasteiger partial charge in [0.1, 0.15) is 5.78 Å². The number of halogens is 1. The smallest absolute Gasteiger partial charge is 0.178 e. The second-order valence-electron chi connectivity index (χ2n) is 7.51. The Balaban J connectivity index is 1.72. The fourth-order valence-corrected chi connectivity index (χ4v) is 6.05. The molecule has 0 bridgehead atoms. The number of carbonyl (C=O) groups is 2. The van der Waals surface area contributed by atoms with E-state index in [-0.39, 0.29) is 11.2 Å². The Hall–Kier alpha value is -0.890. The Morgan fingerprint density at radius 3 is 2.76 bits per heavy atom. The lowest BCUT2D eigenvalue weighted by molar-refractivity contribution is -0.130. The van der Waals surface area contributed by atoms with Crippen LogP contribution in [-0.2, 0) is 9.59 Å². The van der Waals surface area contributed by atoms with E-state index in [9.17, 15) is 9.59 Å². The second kappa shape index (κ2) is 4.32. The van der Waals surface area contributed by atoms with Crippen molar-refractivity contribution in [3.05, 3.63) is 23.8 Å². The summed E-state index contributed by atoms with van der Waals surface area (Å²) in [7, 11) is 0. The topological polar surface area (TPSA) is 34.1 Å². The zero-order chi connectivity index (χ0) is 14.8. The quantitative estimate of drug-likeness (QED) is 0.637. The molecule has 0 spiro atoms. The van der Waals surface area contributed by atoms with Crippen LogP contribution >= 0.6 is 11.6 Å². The molecule has 4 aliphatic carbocycles. The van der Waals surface area contributed by atoms with Crippen LogP contribution in [0.2, 0.25) is 0 Å². The van der Waals surface area contributed by atoms with Crippen molar-refractivity contribution in [3.63, 3.8) is 0 Å². The lowest BCUT2D eigenvalue weighted by Gasteiger charge is -2.54. The van der Waals surface area contributed by atoms with Gasteiger partial charge in [-0.1, -0.05) is 13.0 Å². The molecule has 3 saturated carbocycles. The van der Waals surface area contributed by atoms with Crippen LogP contribution in [0.4, 0.5) is 0 Å². The Kier molecular flexibility index (Phi) is 2.83. The molecule has 2 nitrogen and oxygen atoms in total. The van der Waals surface area contributed by atoms with Gasteiger partial charge in [0.25, 0.3) is 0 Å². The molecular formula is C18H21ClO2. The van der Waals surface area contributed by atoms with Gasteiger partial charge in [0.05, 0.1) is 4.87 Å². The molecular weight excluding hydrogens is 284 g/mol. The van der Waals surface area contributed by atoms with Crippen LogP contribution in [0.5, 0.6) is 0 Å². The lowest BCUT2D eigenvalue weighted by Crippen LogP contribution is -2.51. The highest BCUT2D eigenvalue weighted by molar-refractivity contribution is 6.29. The highest BCUT2D eigenvalue weighted by atomic mass is 35.5. The van der Waals surface area contributed by atoms with E-state index in [4.69, 9.17) is 11.6 Å². The maximum Gasteiger partial charge on any atom is 0.178 e. The summed E-state index contributed by atoms with van der Waals surface area (Å²) < 4.78 is 0. The standard InChI is InChI=1S/C18H21ClO2/c1-17-8-7-15-13(14(17)4-5-16(17)21)3-2-11-10-12(20)6-9-18(11,15)19/h6,9-10,13-15H,2-5,7-8H2,1H3/t13-,14-,15-,17-,18?/m0/s1. The van der Waals surface area contributed by atoms with Crippen LogP contribution in [0.1, 0.15) is 45.4 Å². The third-order valence-electron chi connectivity index (χ3n) is 6.73. The molecule has 0 aliphatic heterocycles. The van der Waals surface area contributed by atoms with Gasteiger partial charge in [0.15, 0.2) is 5.78 Å². The van der Waals surface area contributed by atoms with Crippen LogP contribution in [0.25, 0.3) is 0 Å². The summed E-state index contributed by atoms with van der Waals surface area (Å²) in [5, 5.41) is 0. The SMILES string of the molecule is C[C@]12CC[C@H]3[C@@H](CCC4=CC(=O)C=CC43Cl)[C@@H]1CCC2=O. The fraction of sp³-hybridized carbons (Fsp3) is 0.667. The molecule has 0 saturated heterocycles. The molecule has 1 unspecified atom stereocenters. The minimum absolute atomic E-state index is 0.0661.